The van der Waals surface area contributed by atoms with Crippen LogP contribution in [0.4, 0.5) is 5.69 Å². The van der Waals surface area contributed by atoms with E-state index >= 15 is 0 Å². The number of aryl methyl sites for hydroxylation is 2. The molecule has 1 N–H and O–H groups in total. The Bertz CT molecular complexity index is 873. The number of anilines is 1. The third kappa shape index (κ3) is 3.21. The predicted molar refractivity (Wildman–Crippen MR) is 91.5 cm³/mol. The number of aromatic carboxylic acids is 1. The molecule has 0 radical (unpaired) electrons. The first kappa shape index (κ1) is 17.8. The Morgan fingerprint density at radius 1 is 1.12 bits per heavy atom. The molecule has 0 bridgehead atoms. The molecule has 2 aromatic rings. The lowest BCUT2D eigenvalue weighted by molar-refractivity contribution is 0.0697. The highest BCUT2D eigenvalue weighted by Gasteiger charge is 2.27. The summed E-state index contributed by atoms with van der Waals surface area (Å²) in [6.45, 7) is 3.45. The van der Waals surface area contributed by atoms with E-state index in [2.05, 4.69) is 0 Å². The van der Waals surface area contributed by atoms with Crippen LogP contribution in [0.25, 0.3) is 0 Å². The Hall–Kier alpha value is -2.54. The summed E-state index contributed by atoms with van der Waals surface area (Å²) in [5, 5.41) is 9.43. The van der Waals surface area contributed by atoms with Crippen LogP contribution in [0.15, 0.2) is 41.3 Å². The van der Waals surface area contributed by atoms with Gasteiger partial charge in [-0.3, -0.25) is 4.31 Å². The standard InChI is InChI=1S/C17H19NO5S/c1-11-9-12(2)16(15(10-11)17(19)20)18(3)24(21,22)14-7-5-13(23-4)6-8-14/h5-10H,1-4H3,(H,19,20). The van der Waals surface area contributed by atoms with Gasteiger partial charge in [-0.2, -0.15) is 0 Å². The third-order valence-electron chi connectivity index (χ3n) is 3.71. The molecule has 0 aliphatic rings. The number of rotatable bonds is 5. The second kappa shape index (κ2) is 6.52. The number of methoxy groups -OCH3 is 1. The molecule has 7 heteroatoms. The molecule has 0 atom stereocenters. The maximum Gasteiger partial charge on any atom is 0.337 e. The zero-order valence-corrected chi connectivity index (χ0v) is 14.7. The molecule has 0 spiro atoms. The lowest BCUT2D eigenvalue weighted by atomic mass is 10.0. The predicted octanol–water partition coefficient (Wildman–Crippen LogP) is 2.84. The Morgan fingerprint density at radius 3 is 2.21 bits per heavy atom. The molecule has 0 aliphatic heterocycles. The van der Waals surface area contributed by atoms with E-state index in [1.165, 1.54) is 32.4 Å². The summed E-state index contributed by atoms with van der Waals surface area (Å²) in [4.78, 5) is 11.6. The number of carbonyl (C=O) groups is 1. The Morgan fingerprint density at radius 2 is 1.71 bits per heavy atom. The highest BCUT2D eigenvalue weighted by molar-refractivity contribution is 7.92. The molecule has 6 nitrogen and oxygen atoms in total. The van der Waals surface area contributed by atoms with Crippen LogP contribution in [0, 0.1) is 13.8 Å². The van der Waals surface area contributed by atoms with E-state index in [0.717, 1.165) is 9.87 Å². The fourth-order valence-electron chi connectivity index (χ4n) is 2.57. The molecule has 0 fully saturated rings. The van der Waals surface area contributed by atoms with Gasteiger partial charge >= 0.3 is 5.97 Å². The van der Waals surface area contributed by atoms with Crippen LogP contribution in [-0.4, -0.2) is 33.7 Å². The number of ether oxygens (including phenoxy) is 1. The number of carboxylic acid groups (broad SMARTS) is 1. The maximum absolute atomic E-state index is 12.8. The smallest absolute Gasteiger partial charge is 0.337 e. The van der Waals surface area contributed by atoms with Gasteiger partial charge in [0.1, 0.15) is 5.75 Å². The molecule has 0 heterocycles. The number of benzene rings is 2. The van der Waals surface area contributed by atoms with E-state index in [1.54, 1.807) is 32.0 Å². The SMILES string of the molecule is COc1ccc(S(=O)(=O)N(C)c2c(C)cc(C)cc2C(=O)O)cc1. The minimum Gasteiger partial charge on any atom is -0.497 e. The average Bonchev–Trinajstić information content (AvgIpc) is 2.53. The van der Waals surface area contributed by atoms with Crippen LogP contribution >= 0.6 is 0 Å². The van der Waals surface area contributed by atoms with Gasteiger partial charge in [0.25, 0.3) is 10.0 Å². The van der Waals surface area contributed by atoms with Crippen LogP contribution in [-0.2, 0) is 10.0 Å². The van der Waals surface area contributed by atoms with Crippen molar-refractivity contribution in [2.45, 2.75) is 18.7 Å². The molecule has 0 aromatic heterocycles. The number of sulfonamides is 1. The van der Waals surface area contributed by atoms with Gasteiger partial charge in [0.05, 0.1) is 23.3 Å². The number of hydrogen-bond acceptors (Lipinski definition) is 4. The molecule has 0 saturated carbocycles. The minimum atomic E-state index is -3.89. The quantitative estimate of drug-likeness (QED) is 0.897. The summed E-state index contributed by atoms with van der Waals surface area (Å²) < 4.78 is 31.7. The van der Waals surface area contributed by atoms with E-state index in [9.17, 15) is 18.3 Å². The fourth-order valence-corrected chi connectivity index (χ4v) is 3.85. The summed E-state index contributed by atoms with van der Waals surface area (Å²) in [7, 11) is -1.05. The van der Waals surface area contributed by atoms with Crippen molar-refractivity contribution in [2.75, 3.05) is 18.5 Å². The molecule has 128 valence electrons. The second-order valence-corrected chi connectivity index (χ2v) is 7.40. The van der Waals surface area contributed by atoms with E-state index in [1.807, 2.05) is 0 Å². The van der Waals surface area contributed by atoms with E-state index in [0.29, 0.717) is 11.3 Å². The zero-order valence-electron chi connectivity index (χ0n) is 13.9. The van der Waals surface area contributed by atoms with Crippen molar-refractivity contribution in [3.63, 3.8) is 0 Å². The molecule has 0 saturated heterocycles. The normalized spacial score (nSPS) is 11.2. The van der Waals surface area contributed by atoms with Gasteiger partial charge in [-0.05, 0) is 55.3 Å². The van der Waals surface area contributed by atoms with E-state index in [-0.39, 0.29) is 16.1 Å². The number of carboxylic acids is 1. The first-order valence-electron chi connectivity index (χ1n) is 7.16. The van der Waals surface area contributed by atoms with Crippen molar-refractivity contribution in [3.05, 3.63) is 53.1 Å². The molecule has 2 rings (SSSR count). The first-order valence-corrected chi connectivity index (χ1v) is 8.60. The molecule has 2 aromatic carbocycles. The monoisotopic (exact) mass is 349 g/mol. The van der Waals surface area contributed by atoms with Crippen LogP contribution in [0.2, 0.25) is 0 Å². The summed E-state index contributed by atoms with van der Waals surface area (Å²) in [5.41, 5.74) is 1.44. The van der Waals surface area contributed by atoms with Crippen molar-refractivity contribution in [3.8, 4) is 5.75 Å². The second-order valence-electron chi connectivity index (χ2n) is 5.43. The number of hydrogen-bond donors (Lipinski definition) is 1. The van der Waals surface area contributed by atoms with Gasteiger partial charge < -0.3 is 9.84 Å². The highest BCUT2D eigenvalue weighted by atomic mass is 32.2. The van der Waals surface area contributed by atoms with Gasteiger partial charge in [0.15, 0.2) is 0 Å². The van der Waals surface area contributed by atoms with Crippen molar-refractivity contribution < 1.29 is 23.1 Å². The molecular weight excluding hydrogens is 330 g/mol. The van der Waals surface area contributed by atoms with Gasteiger partial charge in [-0.25, -0.2) is 13.2 Å². The van der Waals surface area contributed by atoms with Crippen LogP contribution in [0.1, 0.15) is 21.5 Å². The Kier molecular flexibility index (Phi) is 4.84. The van der Waals surface area contributed by atoms with E-state index < -0.39 is 16.0 Å². The van der Waals surface area contributed by atoms with Crippen LogP contribution < -0.4 is 9.04 Å². The molecule has 0 amide bonds. The lowest BCUT2D eigenvalue weighted by Gasteiger charge is -2.23. The van der Waals surface area contributed by atoms with Crippen molar-refractivity contribution >= 4 is 21.7 Å². The lowest BCUT2D eigenvalue weighted by Crippen LogP contribution is -2.29. The zero-order chi connectivity index (χ0) is 18.1. The minimum absolute atomic E-state index is 0.0490. The molecule has 0 aliphatic carbocycles. The molecular formula is C17H19NO5S. The summed E-state index contributed by atoms with van der Waals surface area (Å²) in [6.07, 6.45) is 0. The molecule has 24 heavy (non-hydrogen) atoms. The first-order chi connectivity index (χ1) is 11.2. The topological polar surface area (TPSA) is 83.9 Å². The van der Waals surface area contributed by atoms with Crippen molar-refractivity contribution in [2.24, 2.45) is 0 Å². The largest absolute Gasteiger partial charge is 0.497 e. The summed E-state index contributed by atoms with van der Waals surface area (Å²) >= 11 is 0. The average molecular weight is 349 g/mol. The van der Waals surface area contributed by atoms with Gasteiger partial charge in [0, 0.05) is 7.05 Å². The van der Waals surface area contributed by atoms with Crippen LogP contribution in [0.5, 0.6) is 5.75 Å². The van der Waals surface area contributed by atoms with Gasteiger partial charge in [0.2, 0.25) is 0 Å². The van der Waals surface area contributed by atoms with Gasteiger partial charge in [-0.15, -0.1) is 0 Å². The van der Waals surface area contributed by atoms with Crippen LogP contribution in [0.3, 0.4) is 0 Å². The third-order valence-corrected chi connectivity index (χ3v) is 5.48. The molecule has 0 unspecified atom stereocenters. The summed E-state index contributed by atoms with van der Waals surface area (Å²) in [6, 6.07) is 9.15. The van der Waals surface area contributed by atoms with Crippen molar-refractivity contribution in [1.82, 2.24) is 0 Å². The Labute approximate surface area is 141 Å². The van der Waals surface area contributed by atoms with E-state index in [4.69, 9.17) is 4.74 Å². The number of nitrogens with zero attached hydrogens (tertiary/aromatic N) is 1. The fraction of sp³-hybridized carbons (Fsp3) is 0.235. The van der Waals surface area contributed by atoms with Crippen molar-refractivity contribution in [1.29, 1.82) is 0 Å². The summed E-state index contributed by atoms with van der Waals surface area (Å²) in [5.74, 6) is -0.636. The maximum atomic E-state index is 12.8. The highest BCUT2D eigenvalue weighted by Crippen LogP contribution is 2.31. The van der Waals surface area contributed by atoms with Gasteiger partial charge in [-0.1, -0.05) is 6.07 Å². The Balaban J connectivity index is 2.58.